The maximum atomic E-state index is 8.88. The zero-order valence-corrected chi connectivity index (χ0v) is 16.0. The van der Waals surface area contributed by atoms with Crippen molar-refractivity contribution in [3.8, 4) is 0 Å². The molecule has 18 heavy (non-hydrogen) atoms. The van der Waals surface area contributed by atoms with Gasteiger partial charge in [0.25, 0.3) is 0 Å². The van der Waals surface area contributed by atoms with Crippen LogP contribution in [0.15, 0.2) is 0 Å². The van der Waals surface area contributed by atoms with Crippen molar-refractivity contribution < 1.29 is 19.2 Å². The average Bonchev–Trinajstić information content (AvgIpc) is 2.25. The summed E-state index contributed by atoms with van der Waals surface area (Å²) in [6.45, 7) is 2.29. The van der Waals surface area contributed by atoms with E-state index < -0.39 is 7.82 Å². The molecule has 6 heteroatoms. The van der Waals surface area contributed by atoms with Crippen LogP contribution in [0.2, 0.25) is 0.515 Å². The zero-order valence-electron chi connectivity index (χ0n) is 12.0. The number of phosphoric acid groups is 1. The Morgan fingerprint density at radius 2 is 1.06 bits per heavy atom. The van der Waals surface area contributed by atoms with E-state index in [0.717, 1.165) is 49.0 Å². The standard InChI is InChI=1S/C12H25.K.H3O4P/c1-3-5-7-9-11-12-10-8-6-4-2;;1-5(2,3)4/h1,3-12H2,2H3;;(H3,1,2,3,4). The van der Waals surface area contributed by atoms with Gasteiger partial charge in [0.05, 0.1) is 0 Å². The summed E-state index contributed by atoms with van der Waals surface area (Å²) in [4.78, 5) is 21.6. The van der Waals surface area contributed by atoms with Crippen molar-refractivity contribution >= 4 is 56.8 Å². The molecule has 0 aromatic carbocycles. The van der Waals surface area contributed by atoms with Gasteiger partial charge in [0.1, 0.15) is 0 Å². The molecule has 3 N–H and O–H groups in total. The molecule has 0 unspecified atom stereocenters. The van der Waals surface area contributed by atoms with Crippen LogP contribution in [0.4, 0.5) is 0 Å². The largest absolute Gasteiger partial charge is 0.466 e. The second-order valence-electron chi connectivity index (χ2n) is 4.70. The van der Waals surface area contributed by atoms with E-state index in [1.807, 2.05) is 0 Å². The van der Waals surface area contributed by atoms with Gasteiger partial charge in [0.15, 0.2) is 0 Å². The normalized spacial score (nSPS) is 11.0. The molecular weight excluding hydrogens is 278 g/mol. The van der Waals surface area contributed by atoms with Crippen molar-refractivity contribution in [3.05, 3.63) is 0 Å². The average molecular weight is 306 g/mol. The Morgan fingerprint density at radius 3 is 1.33 bits per heavy atom. The molecule has 0 heterocycles. The van der Waals surface area contributed by atoms with Crippen LogP contribution in [-0.2, 0) is 4.57 Å². The van der Waals surface area contributed by atoms with Crippen LogP contribution < -0.4 is 0 Å². The van der Waals surface area contributed by atoms with E-state index in [-0.39, 0.29) is 0 Å². The van der Waals surface area contributed by atoms with E-state index in [9.17, 15) is 0 Å². The molecule has 0 aromatic rings. The Kier molecular flexibility index (Phi) is 20.6. The molecule has 0 radical (unpaired) electrons. The molecule has 0 fully saturated rings. The molecule has 0 rings (SSSR count). The maximum Gasteiger partial charge on any atom is 0.466 e. The summed E-state index contributed by atoms with van der Waals surface area (Å²) < 4.78 is 10.4. The molecule has 0 spiro atoms. The second kappa shape index (κ2) is 16.8. The summed E-state index contributed by atoms with van der Waals surface area (Å²) in [5.74, 6) is 0. The number of unbranched alkanes of at least 4 members (excludes halogenated alkanes) is 9. The molecular formula is C12H28KO4P. The van der Waals surface area contributed by atoms with Crippen LogP contribution in [-0.4, -0.2) is 63.6 Å². The molecule has 0 amide bonds. The predicted molar refractivity (Wildman–Crippen MR) is 76.7 cm³/mol. The van der Waals surface area contributed by atoms with Crippen molar-refractivity contribution in [1.82, 2.24) is 0 Å². The van der Waals surface area contributed by atoms with Gasteiger partial charge in [-0.25, -0.2) is 4.57 Å². The van der Waals surface area contributed by atoms with E-state index >= 15 is 0 Å². The molecule has 0 saturated carbocycles. The molecule has 0 aliphatic heterocycles. The molecule has 0 saturated heterocycles. The first-order valence-corrected chi connectivity index (χ1v) is 11.0. The predicted octanol–water partition coefficient (Wildman–Crippen LogP) is 3.57. The molecule has 0 aliphatic carbocycles. The zero-order chi connectivity index (χ0) is 14.3. The molecule has 0 atom stereocenters. The third-order valence-electron chi connectivity index (χ3n) is 2.71. The van der Waals surface area contributed by atoms with Gasteiger partial charge in [-0.05, 0) is 0 Å². The van der Waals surface area contributed by atoms with Crippen molar-refractivity contribution in [2.24, 2.45) is 0 Å². The van der Waals surface area contributed by atoms with Crippen LogP contribution in [0.5, 0.6) is 0 Å². The minimum atomic E-state index is -4.64. The van der Waals surface area contributed by atoms with Crippen molar-refractivity contribution in [1.29, 1.82) is 0 Å². The van der Waals surface area contributed by atoms with E-state index in [2.05, 4.69) is 6.92 Å². The third-order valence-corrected chi connectivity index (χ3v) is 3.81. The Hall–Kier alpha value is 1.75. The van der Waals surface area contributed by atoms with Crippen molar-refractivity contribution in [2.45, 2.75) is 71.6 Å². The fraction of sp³-hybridized carbons (Fsp3) is 1.00. The van der Waals surface area contributed by atoms with Crippen LogP contribution in [0.3, 0.4) is 0 Å². The van der Waals surface area contributed by atoms with Gasteiger partial charge in [-0.1, -0.05) is 0 Å². The SMILES string of the molecule is CCCCCCCCCCC[CH2][K].O=P(O)(O)O. The summed E-state index contributed by atoms with van der Waals surface area (Å²) in [6, 6.07) is 0. The van der Waals surface area contributed by atoms with Crippen LogP contribution >= 0.6 is 7.82 Å². The Balaban J connectivity index is 0. The summed E-state index contributed by atoms with van der Waals surface area (Å²) in [7, 11) is -4.64. The van der Waals surface area contributed by atoms with Crippen molar-refractivity contribution in [2.75, 3.05) is 0 Å². The fourth-order valence-corrected chi connectivity index (χ4v) is 2.52. The first kappa shape index (κ1) is 22.0. The summed E-state index contributed by atoms with van der Waals surface area (Å²) in [5, 5.41) is 0. The first-order chi connectivity index (χ1) is 8.41. The number of hydrogen-bond acceptors (Lipinski definition) is 1. The second-order valence-corrected chi connectivity index (χ2v) is 7.28. The van der Waals surface area contributed by atoms with E-state index in [1.165, 1.54) is 64.2 Å². The summed E-state index contributed by atoms with van der Waals surface area (Å²) >= 11 is 1.10. The van der Waals surface area contributed by atoms with Gasteiger partial charge >= 0.3 is 128 Å². The van der Waals surface area contributed by atoms with Gasteiger partial charge < -0.3 is 14.7 Å². The van der Waals surface area contributed by atoms with Crippen LogP contribution in [0, 0.1) is 0 Å². The quantitative estimate of drug-likeness (QED) is 0.327. The van der Waals surface area contributed by atoms with E-state index in [4.69, 9.17) is 19.2 Å². The van der Waals surface area contributed by atoms with Gasteiger partial charge in [-0.3, -0.25) is 0 Å². The summed E-state index contributed by atoms with van der Waals surface area (Å²) in [6.07, 6.45) is 14.8. The minimum Gasteiger partial charge on any atom is -0.303 e. The van der Waals surface area contributed by atoms with Gasteiger partial charge in [0.2, 0.25) is 0 Å². The Bertz CT molecular complexity index is 178. The number of hydrogen-bond donors (Lipinski definition) is 3. The Labute approximate surface area is 146 Å². The molecule has 0 aliphatic rings. The molecule has 106 valence electrons. The van der Waals surface area contributed by atoms with Gasteiger partial charge in [-0.15, -0.1) is 0 Å². The van der Waals surface area contributed by atoms with Crippen LogP contribution in [0.25, 0.3) is 0 Å². The smallest absolute Gasteiger partial charge is 0.303 e. The van der Waals surface area contributed by atoms with Crippen molar-refractivity contribution in [3.63, 3.8) is 0 Å². The molecule has 0 aromatic heterocycles. The fourth-order valence-electron chi connectivity index (χ4n) is 1.74. The third kappa shape index (κ3) is 36.1. The minimum absolute atomic E-state index is 1.10. The monoisotopic (exact) mass is 306 g/mol. The van der Waals surface area contributed by atoms with Crippen LogP contribution in [0.1, 0.15) is 71.1 Å². The Morgan fingerprint density at radius 1 is 0.778 bits per heavy atom. The topological polar surface area (TPSA) is 77.8 Å². The maximum absolute atomic E-state index is 8.88. The molecule has 4 nitrogen and oxygen atoms in total. The van der Waals surface area contributed by atoms with E-state index in [1.54, 1.807) is 0.515 Å². The van der Waals surface area contributed by atoms with Gasteiger partial charge in [-0.2, -0.15) is 0 Å². The first-order valence-electron chi connectivity index (χ1n) is 7.20. The van der Waals surface area contributed by atoms with Gasteiger partial charge in [0, 0.05) is 0 Å². The molecule has 0 bridgehead atoms. The summed E-state index contributed by atoms with van der Waals surface area (Å²) in [5.41, 5.74) is 0. The van der Waals surface area contributed by atoms with E-state index in [0.29, 0.717) is 0 Å². The number of rotatable bonds is 10.